The van der Waals surface area contributed by atoms with E-state index in [2.05, 4.69) is 20.6 Å². The third kappa shape index (κ3) is 5.04. The first kappa shape index (κ1) is 22.5. The van der Waals surface area contributed by atoms with Gasteiger partial charge in [0.2, 0.25) is 5.91 Å². The molecule has 0 spiro atoms. The zero-order valence-electron chi connectivity index (χ0n) is 18.7. The van der Waals surface area contributed by atoms with Crippen LogP contribution in [0.2, 0.25) is 5.15 Å². The molecule has 2 aliphatic carbocycles. The number of anilines is 1. The largest absolute Gasteiger partial charge is 0.354 e. The summed E-state index contributed by atoms with van der Waals surface area (Å²) in [6, 6.07) is 2.58. The van der Waals surface area contributed by atoms with Crippen LogP contribution in [0.1, 0.15) is 78.1 Å². The van der Waals surface area contributed by atoms with Crippen molar-refractivity contribution in [3.05, 3.63) is 46.0 Å². The highest BCUT2D eigenvalue weighted by Crippen LogP contribution is 2.37. The van der Waals surface area contributed by atoms with Crippen molar-refractivity contribution < 1.29 is 14.4 Å². The Hall–Kier alpha value is -2.67. The summed E-state index contributed by atoms with van der Waals surface area (Å²) in [5.74, 6) is 0.0168. The van der Waals surface area contributed by atoms with Gasteiger partial charge in [-0.1, -0.05) is 38.3 Å². The number of fused-ring (bicyclic) bond motifs is 1. The van der Waals surface area contributed by atoms with Crippen molar-refractivity contribution in [2.75, 3.05) is 5.32 Å². The van der Waals surface area contributed by atoms with E-state index in [4.69, 9.17) is 11.6 Å². The molecule has 0 saturated heterocycles. The number of Topliss-reactive ketones (excluding diaryl/α,β-unsaturated/α-hetero) is 1. The number of amides is 2. The van der Waals surface area contributed by atoms with E-state index in [1.54, 1.807) is 19.1 Å². The fourth-order valence-corrected chi connectivity index (χ4v) is 4.56. The average Bonchev–Trinajstić information content (AvgIpc) is 3.48. The smallest absolute Gasteiger partial charge is 0.268 e. The average molecular weight is 457 g/mol. The van der Waals surface area contributed by atoms with Gasteiger partial charge in [0.1, 0.15) is 16.9 Å². The van der Waals surface area contributed by atoms with E-state index in [1.807, 2.05) is 13.8 Å². The second-order valence-corrected chi connectivity index (χ2v) is 10.2. The summed E-state index contributed by atoms with van der Waals surface area (Å²) in [7, 11) is 0. The minimum atomic E-state index is -0.689. The van der Waals surface area contributed by atoms with E-state index in [9.17, 15) is 14.4 Å². The first-order chi connectivity index (χ1) is 15.1. The molecule has 0 aromatic carbocycles. The number of halogens is 1. The summed E-state index contributed by atoms with van der Waals surface area (Å²) in [5, 5.41) is 6.04. The maximum absolute atomic E-state index is 13.2. The van der Waals surface area contributed by atoms with Crippen LogP contribution in [0.5, 0.6) is 0 Å². The lowest BCUT2D eigenvalue weighted by Gasteiger charge is -2.28. The molecular formula is C24H29ClN4O3. The van der Waals surface area contributed by atoms with Crippen molar-refractivity contribution in [2.24, 2.45) is 11.3 Å². The van der Waals surface area contributed by atoms with Gasteiger partial charge in [0.25, 0.3) is 5.91 Å². The zero-order valence-corrected chi connectivity index (χ0v) is 19.4. The van der Waals surface area contributed by atoms with E-state index < -0.39 is 6.04 Å². The van der Waals surface area contributed by atoms with Crippen LogP contribution < -0.4 is 10.6 Å². The molecule has 0 bridgehead atoms. The summed E-state index contributed by atoms with van der Waals surface area (Å²) in [4.78, 5) is 45.9. The van der Waals surface area contributed by atoms with Crippen LogP contribution >= 0.6 is 11.6 Å². The van der Waals surface area contributed by atoms with Crippen molar-refractivity contribution in [3.8, 4) is 0 Å². The molecule has 0 aliphatic heterocycles. The number of hydrogen-bond donors (Lipinski definition) is 3. The number of pyridine rings is 1. The topological polar surface area (TPSA) is 104 Å². The number of aromatic amines is 1. The second kappa shape index (κ2) is 8.70. The Morgan fingerprint density at radius 2 is 2.03 bits per heavy atom. The Kier molecular flexibility index (Phi) is 6.12. The van der Waals surface area contributed by atoms with Gasteiger partial charge in [0.05, 0.1) is 11.9 Å². The number of rotatable bonds is 7. The molecule has 1 unspecified atom stereocenters. The lowest BCUT2D eigenvalue weighted by molar-refractivity contribution is -0.118. The molecule has 2 amide bonds. The van der Waals surface area contributed by atoms with Crippen LogP contribution in [0.3, 0.4) is 0 Å². The highest BCUT2D eigenvalue weighted by Gasteiger charge is 2.36. The zero-order chi connectivity index (χ0) is 23.0. The van der Waals surface area contributed by atoms with Gasteiger partial charge in [-0.05, 0) is 55.2 Å². The lowest BCUT2D eigenvalue weighted by Crippen LogP contribution is -2.44. The first-order valence-electron chi connectivity index (χ1n) is 11.1. The van der Waals surface area contributed by atoms with Crippen LogP contribution in [0.25, 0.3) is 0 Å². The van der Waals surface area contributed by atoms with Crippen molar-refractivity contribution in [3.63, 3.8) is 0 Å². The fourth-order valence-electron chi connectivity index (χ4n) is 4.45. The number of nitrogens with zero attached hydrogens (tertiary/aromatic N) is 1. The monoisotopic (exact) mass is 456 g/mol. The standard InChI is InChI=1S/C24H29ClN4O3/c1-13-20-17(10-24(2,3)11-18(20)30)28-21(13)23(32)29-16(8-6-14-4-5-14)22(31)27-15-7-9-19(25)26-12-15/h7,9,12,14,16,28H,4-6,8,10-11H2,1-3H3,(H,27,31)(H,29,32). The van der Waals surface area contributed by atoms with Crippen molar-refractivity contribution in [1.82, 2.24) is 15.3 Å². The maximum atomic E-state index is 13.2. The summed E-state index contributed by atoms with van der Waals surface area (Å²) >= 11 is 5.82. The van der Waals surface area contributed by atoms with E-state index in [-0.39, 0.29) is 23.0 Å². The predicted molar refractivity (Wildman–Crippen MR) is 123 cm³/mol. The summed E-state index contributed by atoms with van der Waals surface area (Å²) in [6.07, 6.45) is 6.42. The normalized spacial score (nSPS) is 18.1. The number of ketones is 1. The molecule has 1 saturated carbocycles. The van der Waals surface area contributed by atoms with E-state index >= 15 is 0 Å². The fraction of sp³-hybridized carbons (Fsp3) is 0.500. The Morgan fingerprint density at radius 3 is 2.69 bits per heavy atom. The Morgan fingerprint density at radius 1 is 1.28 bits per heavy atom. The predicted octanol–water partition coefficient (Wildman–Crippen LogP) is 4.45. The highest BCUT2D eigenvalue weighted by molar-refractivity contribution is 6.29. The molecule has 170 valence electrons. The molecule has 32 heavy (non-hydrogen) atoms. The third-order valence-corrected chi connectivity index (χ3v) is 6.53. The Labute approximate surface area is 192 Å². The van der Waals surface area contributed by atoms with Crippen LogP contribution in [-0.2, 0) is 11.2 Å². The van der Waals surface area contributed by atoms with Crippen LogP contribution in [0.4, 0.5) is 5.69 Å². The van der Waals surface area contributed by atoms with Crippen LogP contribution in [0, 0.1) is 18.3 Å². The minimum Gasteiger partial charge on any atom is -0.354 e. The molecule has 4 rings (SSSR count). The Balaban J connectivity index is 1.51. The van der Waals surface area contributed by atoms with E-state index in [0.29, 0.717) is 52.8 Å². The van der Waals surface area contributed by atoms with Gasteiger partial charge < -0.3 is 15.6 Å². The van der Waals surface area contributed by atoms with Crippen LogP contribution in [-0.4, -0.2) is 33.6 Å². The summed E-state index contributed by atoms with van der Waals surface area (Å²) in [5.41, 5.74) is 2.82. The molecule has 1 atom stereocenters. The number of carbonyl (C=O) groups excluding carboxylic acids is 3. The van der Waals surface area contributed by atoms with Crippen LogP contribution in [0.15, 0.2) is 18.3 Å². The Bertz CT molecular complexity index is 1050. The first-order valence-corrected chi connectivity index (χ1v) is 11.5. The van der Waals surface area contributed by atoms with Gasteiger partial charge in [-0.3, -0.25) is 14.4 Å². The van der Waals surface area contributed by atoms with Crippen molar-refractivity contribution >= 4 is 34.9 Å². The van der Waals surface area contributed by atoms with E-state index in [1.165, 1.54) is 19.0 Å². The number of aromatic nitrogens is 2. The molecule has 1 fully saturated rings. The number of nitrogens with one attached hydrogen (secondary N) is 3. The van der Waals surface area contributed by atoms with E-state index in [0.717, 1.165) is 12.1 Å². The SMILES string of the molecule is Cc1c(C(=O)NC(CCC2CC2)C(=O)Nc2ccc(Cl)nc2)[nH]c2c1C(=O)CC(C)(C)C2. The molecule has 3 N–H and O–H groups in total. The van der Waals surface area contributed by atoms with Gasteiger partial charge in [-0.15, -0.1) is 0 Å². The van der Waals surface area contributed by atoms with Gasteiger partial charge in [-0.25, -0.2) is 4.98 Å². The molecule has 7 nitrogen and oxygen atoms in total. The van der Waals surface area contributed by atoms with Gasteiger partial charge in [0.15, 0.2) is 5.78 Å². The van der Waals surface area contributed by atoms with Crippen molar-refractivity contribution in [1.29, 1.82) is 0 Å². The second-order valence-electron chi connectivity index (χ2n) is 9.83. The maximum Gasteiger partial charge on any atom is 0.268 e. The summed E-state index contributed by atoms with van der Waals surface area (Å²) < 4.78 is 0. The molecule has 2 heterocycles. The van der Waals surface area contributed by atoms with Gasteiger partial charge in [-0.2, -0.15) is 0 Å². The third-order valence-electron chi connectivity index (χ3n) is 6.31. The number of hydrogen-bond acceptors (Lipinski definition) is 4. The molecule has 2 aliphatic rings. The lowest BCUT2D eigenvalue weighted by atomic mass is 9.75. The number of H-pyrrole nitrogens is 1. The number of carbonyl (C=O) groups is 3. The molecular weight excluding hydrogens is 428 g/mol. The molecule has 2 aromatic heterocycles. The highest BCUT2D eigenvalue weighted by atomic mass is 35.5. The summed E-state index contributed by atoms with van der Waals surface area (Å²) in [6.45, 7) is 5.89. The molecule has 2 aromatic rings. The van der Waals surface area contributed by atoms with Gasteiger partial charge >= 0.3 is 0 Å². The quantitative estimate of drug-likeness (QED) is 0.535. The minimum absolute atomic E-state index is 0.0577. The molecule has 0 radical (unpaired) electrons. The van der Waals surface area contributed by atoms with Crippen molar-refractivity contribution in [2.45, 2.75) is 65.3 Å². The van der Waals surface area contributed by atoms with Gasteiger partial charge in [0, 0.05) is 17.7 Å². The molecule has 8 heteroatoms.